The third-order valence-electron chi connectivity index (χ3n) is 4.56. The van der Waals surface area contributed by atoms with Gasteiger partial charge in [0.1, 0.15) is 4.88 Å². The Morgan fingerprint density at radius 3 is 2.67 bits per heavy atom. The minimum Gasteiger partial charge on any atom is -0.395 e. The first-order valence-electron chi connectivity index (χ1n) is 9.18. The number of nitrogens with one attached hydrogen (secondary N) is 2. The average molecular weight is 385 g/mol. The molecule has 0 unspecified atom stereocenters. The summed E-state index contributed by atoms with van der Waals surface area (Å²) in [6, 6.07) is 9.57. The number of nitrogens with two attached hydrogens (primary N) is 1. The van der Waals surface area contributed by atoms with Crippen LogP contribution in [0.2, 0.25) is 0 Å². The number of allylic oxidation sites excluding steroid dienone is 1. The Bertz CT molecular complexity index is 830. The zero-order valence-electron chi connectivity index (χ0n) is 15.2. The molecule has 27 heavy (non-hydrogen) atoms. The second kappa shape index (κ2) is 9.32. The molecule has 0 saturated carbocycles. The van der Waals surface area contributed by atoms with Gasteiger partial charge in [-0.15, -0.1) is 0 Å². The average Bonchev–Trinajstić information content (AvgIpc) is 3.09. The Morgan fingerprint density at radius 2 is 1.93 bits per heavy atom. The Balaban J connectivity index is 1.53. The molecule has 0 radical (unpaired) electrons. The highest BCUT2D eigenvalue weighted by atomic mass is 32.1. The Labute approximate surface area is 163 Å². The number of carbonyl (C=O) groups is 2. The molecule has 1 heterocycles. The molecule has 142 valence electrons. The number of aromatic nitrogens is 1. The zero-order chi connectivity index (χ0) is 19.1. The largest absolute Gasteiger partial charge is 0.395 e. The molecule has 1 aliphatic carbocycles. The van der Waals surface area contributed by atoms with Gasteiger partial charge in [0.05, 0.1) is 5.69 Å². The molecule has 0 fully saturated rings. The summed E-state index contributed by atoms with van der Waals surface area (Å²) in [5.41, 5.74) is 8.63. The number of nitrogens with zero attached hydrogens (tertiary/aromatic N) is 1. The molecule has 0 bridgehead atoms. The van der Waals surface area contributed by atoms with E-state index in [1.54, 1.807) is 0 Å². The summed E-state index contributed by atoms with van der Waals surface area (Å²) < 4.78 is 4.08. The fourth-order valence-corrected chi connectivity index (χ4v) is 3.75. The number of carbonyl (C=O) groups excluding carboxylic acids is 2. The first-order valence-corrected chi connectivity index (χ1v) is 9.96. The van der Waals surface area contributed by atoms with E-state index in [-0.39, 0.29) is 28.1 Å². The molecular weight excluding hydrogens is 360 g/mol. The van der Waals surface area contributed by atoms with Gasteiger partial charge in [0, 0.05) is 13.1 Å². The maximum Gasteiger partial charge on any atom is 0.273 e. The lowest BCUT2D eigenvalue weighted by Gasteiger charge is -2.12. The van der Waals surface area contributed by atoms with Gasteiger partial charge in [-0.3, -0.25) is 9.59 Å². The van der Waals surface area contributed by atoms with Crippen molar-refractivity contribution in [2.45, 2.75) is 38.6 Å². The van der Waals surface area contributed by atoms with E-state index in [0.29, 0.717) is 13.1 Å². The Kier molecular flexibility index (Phi) is 6.59. The third kappa shape index (κ3) is 5.17. The van der Waals surface area contributed by atoms with Gasteiger partial charge in [0.2, 0.25) is 0 Å². The van der Waals surface area contributed by atoms with Crippen LogP contribution in [0, 0.1) is 0 Å². The van der Waals surface area contributed by atoms with Crippen molar-refractivity contribution in [3.63, 3.8) is 0 Å². The topological polar surface area (TPSA) is 97.1 Å². The first kappa shape index (κ1) is 19.1. The van der Waals surface area contributed by atoms with Gasteiger partial charge in [0.15, 0.2) is 5.69 Å². The summed E-state index contributed by atoms with van der Waals surface area (Å²) in [6.07, 6.45) is 7.85. The summed E-state index contributed by atoms with van der Waals surface area (Å²) in [6.45, 7) is 0.949. The van der Waals surface area contributed by atoms with E-state index >= 15 is 0 Å². The van der Waals surface area contributed by atoms with E-state index in [2.05, 4.69) is 21.1 Å². The lowest BCUT2D eigenvalue weighted by Crippen LogP contribution is -2.26. The number of amides is 2. The van der Waals surface area contributed by atoms with Crippen molar-refractivity contribution in [2.24, 2.45) is 0 Å². The predicted octanol–water partition coefficient (Wildman–Crippen LogP) is 3.28. The van der Waals surface area contributed by atoms with Crippen LogP contribution in [0.1, 0.15) is 57.8 Å². The standard InChI is InChI=1S/C20H24N4O2S/c21-16-17(19(25)23-13-15-9-5-2-6-10-15)24-27-18(16)20(26)22-12-11-14-7-3-1-4-8-14/h2,5-7,9-10H,1,3-4,8,11-13,21H2,(H,22,26)(H,23,25). The third-order valence-corrected chi connectivity index (χ3v) is 5.42. The van der Waals surface area contributed by atoms with Crippen LogP contribution in [0.4, 0.5) is 5.69 Å². The smallest absolute Gasteiger partial charge is 0.273 e. The fraction of sp³-hybridized carbons (Fsp3) is 0.350. The van der Waals surface area contributed by atoms with E-state index in [9.17, 15) is 9.59 Å². The van der Waals surface area contributed by atoms with Gasteiger partial charge < -0.3 is 16.4 Å². The van der Waals surface area contributed by atoms with Crippen molar-refractivity contribution in [3.05, 3.63) is 58.1 Å². The van der Waals surface area contributed by atoms with Crippen molar-refractivity contribution in [3.8, 4) is 0 Å². The molecule has 0 atom stereocenters. The number of benzene rings is 1. The van der Waals surface area contributed by atoms with Crippen LogP contribution in [0.5, 0.6) is 0 Å². The molecule has 1 aromatic heterocycles. The molecule has 4 N–H and O–H groups in total. The van der Waals surface area contributed by atoms with Crippen molar-refractivity contribution >= 4 is 29.0 Å². The van der Waals surface area contributed by atoms with E-state index in [0.717, 1.165) is 36.4 Å². The van der Waals surface area contributed by atoms with E-state index in [1.165, 1.54) is 18.4 Å². The zero-order valence-corrected chi connectivity index (χ0v) is 16.0. The highest BCUT2D eigenvalue weighted by Crippen LogP contribution is 2.22. The van der Waals surface area contributed by atoms with Crippen LogP contribution in [0.3, 0.4) is 0 Å². The van der Waals surface area contributed by atoms with Crippen LogP contribution < -0.4 is 16.4 Å². The van der Waals surface area contributed by atoms with Crippen LogP contribution in [-0.4, -0.2) is 22.7 Å². The number of nitrogen functional groups attached to an aromatic ring is 1. The summed E-state index contributed by atoms with van der Waals surface area (Å²) >= 11 is 0.958. The quantitative estimate of drug-likeness (QED) is 0.638. The summed E-state index contributed by atoms with van der Waals surface area (Å²) in [5.74, 6) is -0.650. The molecule has 0 spiro atoms. The van der Waals surface area contributed by atoms with Crippen molar-refractivity contribution < 1.29 is 9.59 Å². The first-order chi connectivity index (χ1) is 13.1. The highest BCUT2D eigenvalue weighted by molar-refractivity contribution is 7.09. The number of anilines is 1. The lowest BCUT2D eigenvalue weighted by atomic mass is 9.97. The maximum atomic E-state index is 12.4. The Morgan fingerprint density at radius 1 is 1.11 bits per heavy atom. The fourth-order valence-electron chi connectivity index (χ4n) is 3.04. The minimum absolute atomic E-state index is 0.107. The maximum absolute atomic E-state index is 12.4. The molecule has 2 aromatic rings. The van der Waals surface area contributed by atoms with Crippen LogP contribution in [0.25, 0.3) is 0 Å². The van der Waals surface area contributed by atoms with E-state index in [1.807, 2.05) is 30.3 Å². The molecule has 0 aliphatic heterocycles. The summed E-state index contributed by atoms with van der Waals surface area (Å²) in [5, 5.41) is 5.66. The van der Waals surface area contributed by atoms with Gasteiger partial charge in [0.25, 0.3) is 11.8 Å². The van der Waals surface area contributed by atoms with Gasteiger partial charge in [-0.05, 0) is 49.2 Å². The van der Waals surface area contributed by atoms with Gasteiger partial charge in [-0.2, -0.15) is 4.37 Å². The van der Waals surface area contributed by atoms with Crippen molar-refractivity contribution in [1.29, 1.82) is 0 Å². The highest BCUT2D eigenvalue weighted by Gasteiger charge is 2.21. The van der Waals surface area contributed by atoms with Gasteiger partial charge >= 0.3 is 0 Å². The normalized spacial score (nSPS) is 13.7. The number of hydrogen-bond acceptors (Lipinski definition) is 5. The van der Waals surface area contributed by atoms with Crippen LogP contribution in [-0.2, 0) is 6.54 Å². The van der Waals surface area contributed by atoms with Crippen LogP contribution >= 0.6 is 11.5 Å². The van der Waals surface area contributed by atoms with E-state index < -0.39 is 0 Å². The summed E-state index contributed by atoms with van der Waals surface area (Å²) in [4.78, 5) is 24.9. The molecule has 7 heteroatoms. The molecular formula is C20H24N4O2S. The molecule has 1 aliphatic rings. The van der Waals surface area contributed by atoms with Crippen LogP contribution in [0.15, 0.2) is 42.0 Å². The van der Waals surface area contributed by atoms with Crippen molar-refractivity contribution in [1.82, 2.24) is 15.0 Å². The van der Waals surface area contributed by atoms with E-state index in [4.69, 9.17) is 5.73 Å². The molecule has 6 nitrogen and oxygen atoms in total. The summed E-state index contributed by atoms with van der Waals surface area (Å²) in [7, 11) is 0. The predicted molar refractivity (Wildman–Crippen MR) is 108 cm³/mol. The second-order valence-electron chi connectivity index (χ2n) is 6.56. The Hall–Kier alpha value is -2.67. The van der Waals surface area contributed by atoms with Crippen molar-refractivity contribution in [2.75, 3.05) is 12.3 Å². The van der Waals surface area contributed by atoms with Gasteiger partial charge in [-0.1, -0.05) is 42.0 Å². The number of rotatable bonds is 7. The molecule has 0 saturated heterocycles. The minimum atomic E-state index is -0.376. The number of hydrogen-bond donors (Lipinski definition) is 3. The molecule has 3 rings (SSSR count). The monoisotopic (exact) mass is 384 g/mol. The lowest BCUT2D eigenvalue weighted by molar-refractivity contribution is 0.0947. The molecule has 1 aromatic carbocycles. The second-order valence-corrected chi connectivity index (χ2v) is 7.33. The SMILES string of the molecule is Nc1c(C(=O)NCc2ccccc2)nsc1C(=O)NCCC1=CCCCC1. The van der Waals surface area contributed by atoms with Gasteiger partial charge in [-0.25, -0.2) is 0 Å². The molecule has 2 amide bonds.